The SMILES string of the molecule is O=C(NCCCCc1ccccc1)c1ccccc1CNCCc1c[nH]c2ccccc12. The number of fused-ring (bicyclic) bond motifs is 1. The van der Waals surface area contributed by atoms with Crippen LogP contribution < -0.4 is 10.6 Å². The highest BCUT2D eigenvalue weighted by molar-refractivity contribution is 5.95. The molecule has 0 atom stereocenters. The number of hydrogen-bond donors (Lipinski definition) is 3. The molecule has 0 aliphatic carbocycles. The molecule has 3 N–H and O–H groups in total. The molecule has 3 aromatic carbocycles. The average molecular weight is 426 g/mol. The van der Waals surface area contributed by atoms with Crippen molar-refractivity contribution in [3.05, 3.63) is 107 Å². The summed E-state index contributed by atoms with van der Waals surface area (Å²) in [7, 11) is 0. The van der Waals surface area contributed by atoms with Gasteiger partial charge < -0.3 is 15.6 Å². The minimum absolute atomic E-state index is 0.0127. The van der Waals surface area contributed by atoms with Crippen LogP contribution in [0.4, 0.5) is 0 Å². The van der Waals surface area contributed by atoms with Crippen molar-refractivity contribution < 1.29 is 4.79 Å². The van der Waals surface area contributed by atoms with Gasteiger partial charge in [-0.3, -0.25) is 4.79 Å². The third kappa shape index (κ3) is 5.86. The van der Waals surface area contributed by atoms with Crippen LogP contribution in [0.1, 0.15) is 39.9 Å². The quantitative estimate of drug-likeness (QED) is 0.287. The normalized spacial score (nSPS) is 11.0. The number of aryl methyl sites for hydroxylation is 1. The number of amides is 1. The van der Waals surface area contributed by atoms with Crippen molar-refractivity contribution >= 4 is 16.8 Å². The lowest BCUT2D eigenvalue weighted by atomic mass is 10.1. The molecule has 4 heteroatoms. The lowest BCUT2D eigenvalue weighted by Gasteiger charge is -2.11. The van der Waals surface area contributed by atoms with Gasteiger partial charge in [0.1, 0.15) is 0 Å². The fourth-order valence-corrected chi connectivity index (χ4v) is 4.08. The third-order valence-corrected chi connectivity index (χ3v) is 5.84. The molecule has 1 heterocycles. The second-order valence-corrected chi connectivity index (χ2v) is 8.14. The highest BCUT2D eigenvalue weighted by Gasteiger charge is 2.10. The van der Waals surface area contributed by atoms with Gasteiger partial charge in [0.05, 0.1) is 0 Å². The molecule has 0 radical (unpaired) electrons. The highest BCUT2D eigenvalue weighted by Crippen LogP contribution is 2.18. The van der Waals surface area contributed by atoms with Crippen molar-refractivity contribution in [2.24, 2.45) is 0 Å². The Balaban J connectivity index is 1.21. The Morgan fingerprint density at radius 2 is 1.53 bits per heavy atom. The molecule has 32 heavy (non-hydrogen) atoms. The zero-order chi connectivity index (χ0) is 22.0. The molecule has 0 fully saturated rings. The summed E-state index contributed by atoms with van der Waals surface area (Å²) in [6.45, 7) is 2.24. The van der Waals surface area contributed by atoms with Crippen LogP contribution in [0.3, 0.4) is 0 Å². The van der Waals surface area contributed by atoms with E-state index in [1.165, 1.54) is 22.0 Å². The minimum Gasteiger partial charge on any atom is -0.361 e. The topological polar surface area (TPSA) is 56.9 Å². The maximum atomic E-state index is 12.7. The summed E-state index contributed by atoms with van der Waals surface area (Å²) in [5, 5.41) is 7.87. The lowest BCUT2D eigenvalue weighted by Crippen LogP contribution is -2.27. The van der Waals surface area contributed by atoms with Gasteiger partial charge in [0.15, 0.2) is 0 Å². The standard InChI is InChI=1S/C28H31N3O/c32-28(30-18-9-8-12-22-10-2-1-3-11-22)26-15-5-4-13-23(26)20-29-19-17-24-21-31-27-16-7-6-14-25(24)27/h1-7,10-11,13-16,21,29,31H,8-9,12,17-20H2,(H,30,32). The summed E-state index contributed by atoms with van der Waals surface area (Å²) in [4.78, 5) is 16.0. The first-order valence-corrected chi connectivity index (χ1v) is 11.5. The van der Waals surface area contributed by atoms with E-state index in [0.717, 1.165) is 43.4 Å². The minimum atomic E-state index is 0.0127. The summed E-state index contributed by atoms with van der Waals surface area (Å²) in [5.74, 6) is 0.0127. The number of aromatic amines is 1. The summed E-state index contributed by atoms with van der Waals surface area (Å²) < 4.78 is 0. The van der Waals surface area contributed by atoms with Gasteiger partial charge in [-0.1, -0.05) is 66.7 Å². The molecule has 1 amide bonds. The number of H-pyrrole nitrogens is 1. The highest BCUT2D eigenvalue weighted by atomic mass is 16.1. The van der Waals surface area contributed by atoms with Crippen molar-refractivity contribution in [1.82, 2.24) is 15.6 Å². The zero-order valence-electron chi connectivity index (χ0n) is 18.4. The van der Waals surface area contributed by atoms with Crippen molar-refractivity contribution in [2.75, 3.05) is 13.1 Å². The number of nitrogens with one attached hydrogen (secondary N) is 3. The van der Waals surface area contributed by atoms with Crippen LogP contribution in [0, 0.1) is 0 Å². The number of hydrogen-bond acceptors (Lipinski definition) is 2. The Hall–Kier alpha value is -3.37. The molecule has 0 aliphatic heterocycles. The number of unbranched alkanes of at least 4 members (excludes halogenated alkanes) is 1. The maximum Gasteiger partial charge on any atom is 0.251 e. The second kappa shape index (κ2) is 11.3. The van der Waals surface area contributed by atoms with E-state index in [4.69, 9.17) is 0 Å². The van der Waals surface area contributed by atoms with Crippen LogP contribution >= 0.6 is 0 Å². The monoisotopic (exact) mass is 425 g/mol. The van der Waals surface area contributed by atoms with Crippen LogP contribution in [0.25, 0.3) is 10.9 Å². The van der Waals surface area contributed by atoms with E-state index in [1.807, 2.05) is 36.4 Å². The molecule has 0 saturated heterocycles. The Kier molecular flexibility index (Phi) is 7.72. The third-order valence-electron chi connectivity index (χ3n) is 5.84. The molecule has 0 unspecified atom stereocenters. The summed E-state index contributed by atoms with van der Waals surface area (Å²) in [6, 6.07) is 26.7. The second-order valence-electron chi connectivity index (χ2n) is 8.14. The predicted molar refractivity (Wildman–Crippen MR) is 132 cm³/mol. The van der Waals surface area contributed by atoms with Gasteiger partial charge in [0, 0.05) is 35.8 Å². The Morgan fingerprint density at radius 3 is 2.44 bits per heavy atom. The lowest BCUT2D eigenvalue weighted by molar-refractivity contribution is 0.0952. The molecular formula is C28H31N3O. The Bertz CT molecular complexity index is 1130. The van der Waals surface area contributed by atoms with Crippen LogP contribution in [-0.2, 0) is 19.4 Å². The van der Waals surface area contributed by atoms with Crippen LogP contribution in [0.2, 0.25) is 0 Å². The maximum absolute atomic E-state index is 12.7. The number of carbonyl (C=O) groups excluding carboxylic acids is 1. The van der Waals surface area contributed by atoms with Crippen molar-refractivity contribution in [3.8, 4) is 0 Å². The van der Waals surface area contributed by atoms with Crippen molar-refractivity contribution in [3.63, 3.8) is 0 Å². The molecule has 0 spiro atoms. The van der Waals surface area contributed by atoms with Crippen LogP contribution in [0.5, 0.6) is 0 Å². The molecule has 4 aromatic rings. The number of rotatable bonds is 11. The summed E-state index contributed by atoms with van der Waals surface area (Å²) in [5.41, 5.74) is 5.63. The number of aromatic nitrogens is 1. The molecule has 0 bridgehead atoms. The number of benzene rings is 3. The first kappa shape index (κ1) is 21.8. The summed E-state index contributed by atoms with van der Waals surface area (Å²) in [6.07, 6.45) is 6.13. The predicted octanol–water partition coefficient (Wildman–Crippen LogP) is 5.25. The number of para-hydroxylation sites is 1. The van der Waals surface area contributed by atoms with Crippen molar-refractivity contribution in [1.29, 1.82) is 0 Å². The van der Waals surface area contributed by atoms with E-state index in [1.54, 1.807) is 0 Å². The molecule has 4 nitrogen and oxygen atoms in total. The van der Waals surface area contributed by atoms with E-state index in [9.17, 15) is 4.79 Å². The van der Waals surface area contributed by atoms with Gasteiger partial charge in [0.25, 0.3) is 5.91 Å². The van der Waals surface area contributed by atoms with E-state index in [2.05, 4.69) is 64.3 Å². The van der Waals surface area contributed by atoms with E-state index in [-0.39, 0.29) is 5.91 Å². The number of carbonyl (C=O) groups is 1. The Labute approximate surface area is 190 Å². The van der Waals surface area contributed by atoms with Crippen LogP contribution in [-0.4, -0.2) is 24.0 Å². The smallest absolute Gasteiger partial charge is 0.251 e. The van der Waals surface area contributed by atoms with Gasteiger partial charge in [-0.25, -0.2) is 0 Å². The molecule has 164 valence electrons. The first-order valence-electron chi connectivity index (χ1n) is 11.5. The van der Waals surface area contributed by atoms with Crippen LogP contribution in [0.15, 0.2) is 85.1 Å². The van der Waals surface area contributed by atoms with E-state index >= 15 is 0 Å². The molecule has 0 saturated carbocycles. The largest absolute Gasteiger partial charge is 0.361 e. The van der Waals surface area contributed by atoms with Crippen molar-refractivity contribution in [2.45, 2.75) is 32.2 Å². The van der Waals surface area contributed by atoms with E-state index < -0.39 is 0 Å². The fraction of sp³-hybridized carbons (Fsp3) is 0.250. The van der Waals surface area contributed by atoms with E-state index in [0.29, 0.717) is 13.1 Å². The van der Waals surface area contributed by atoms with Gasteiger partial charge in [-0.15, -0.1) is 0 Å². The van der Waals surface area contributed by atoms with Gasteiger partial charge >= 0.3 is 0 Å². The molecule has 1 aromatic heterocycles. The van der Waals surface area contributed by atoms with Gasteiger partial charge in [-0.05, 0) is 61.1 Å². The fourth-order valence-electron chi connectivity index (χ4n) is 4.08. The Morgan fingerprint density at radius 1 is 0.750 bits per heavy atom. The average Bonchev–Trinajstić information content (AvgIpc) is 3.25. The molecule has 0 aliphatic rings. The molecular weight excluding hydrogens is 394 g/mol. The van der Waals surface area contributed by atoms with Gasteiger partial charge in [-0.2, -0.15) is 0 Å². The molecule has 4 rings (SSSR count). The first-order chi connectivity index (χ1) is 15.8. The summed E-state index contributed by atoms with van der Waals surface area (Å²) >= 11 is 0. The zero-order valence-corrected chi connectivity index (χ0v) is 18.4. The van der Waals surface area contributed by atoms with Gasteiger partial charge in [0.2, 0.25) is 0 Å².